The third kappa shape index (κ3) is 1.60. The summed E-state index contributed by atoms with van der Waals surface area (Å²) in [7, 11) is 0. The summed E-state index contributed by atoms with van der Waals surface area (Å²) in [6.45, 7) is 3.36. The molecule has 76 valence electrons. The molecule has 1 saturated heterocycles. The summed E-state index contributed by atoms with van der Waals surface area (Å²) >= 11 is 0. The second-order valence-corrected chi connectivity index (χ2v) is 3.00. The van der Waals surface area contributed by atoms with Crippen LogP contribution in [0.2, 0.25) is 0 Å². The van der Waals surface area contributed by atoms with Crippen LogP contribution < -0.4 is 0 Å². The Labute approximate surface area is 80.8 Å². The van der Waals surface area contributed by atoms with Gasteiger partial charge in [0.25, 0.3) is 0 Å². The van der Waals surface area contributed by atoms with Gasteiger partial charge in [-0.2, -0.15) is 0 Å². The van der Waals surface area contributed by atoms with Crippen LogP contribution in [0.4, 0.5) is 0 Å². The zero-order valence-electron chi connectivity index (χ0n) is 7.84. The molecule has 0 aliphatic carbocycles. The minimum absolute atomic E-state index is 0.214. The summed E-state index contributed by atoms with van der Waals surface area (Å²) in [5.74, 6) is -0.431. The maximum absolute atomic E-state index is 11.2. The molecule has 2 rings (SSSR count). The number of hydrogen-bond donors (Lipinski definition) is 0. The van der Waals surface area contributed by atoms with Gasteiger partial charge in [0.1, 0.15) is 6.04 Å². The van der Waals surface area contributed by atoms with Gasteiger partial charge in [0.2, 0.25) is 0 Å². The Morgan fingerprint density at radius 3 is 3.14 bits per heavy atom. The van der Waals surface area contributed by atoms with Crippen molar-refractivity contribution in [3.05, 3.63) is 11.9 Å². The van der Waals surface area contributed by atoms with Crippen LogP contribution in [0.25, 0.3) is 0 Å². The van der Waals surface area contributed by atoms with Crippen molar-refractivity contribution in [2.75, 3.05) is 19.8 Å². The Kier molecular flexibility index (Phi) is 2.45. The molecule has 0 bridgehead atoms. The molecular weight excluding hydrogens is 186 g/mol. The summed E-state index contributed by atoms with van der Waals surface area (Å²) in [5.41, 5.74) is 0.249. The molecule has 1 aliphatic rings. The van der Waals surface area contributed by atoms with E-state index in [-0.39, 0.29) is 11.7 Å². The first kappa shape index (κ1) is 9.14. The topological polar surface area (TPSA) is 66.2 Å². The number of nitrogens with zero attached hydrogens (tertiary/aromatic N) is 3. The molecule has 1 fully saturated rings. The first-order valence-corrected chi connectivity index (χ1v) is 4.48. The smallest absolute Gasteiger partial charge is 0.360 e. The Morgan fingerprint density at radius 1 is 1.79 bits per heavy atom. The maximum atomic E-state index is 11.2. The molecule has 0 amide bonds. The van der Waals surface area contributed by atoms with Gasteiger partial charge in [-0.1, -0.05) is 5.21 Å². The van der Waals surface area contributed by atoms with Gasteiger partial charge >= 0.3 is 5.97 Å². The molecule has 0 saturated carbocycles. The highest BCUT2D eigenvalue weighted by molar-refractivity contribution is 5.86. The van der Waals surface area contributed by atoms with Crippen molar-refractivity contribution in [3.8, 4) is 0 Å². The van der Waals surface area contributed by atoms with E-state index in [1.165, 1.54) is 0 Å². The van der Waals surface area contributed by atoms with Crippen LogP contribution >= 0.6 is 0 Å². The fourth-order valence-corrected chi connectivity index (χ4v) is 1.13. The van der Waals surface area contributed by atoms with Crippen LogP contribution in [0.15, 0.2) is 6.20 Å². The third-order valence-corrected chi connectivity index (χ3v) is 1.99. The lowest BCUT2D eigenvalue weighted by Crippen LogP contribution is -2.31. The van der Waals surface area contributed by atoms with Gasteiger partial charge < -0.3 is 9.47 Å². The zero-order valence-corrected chi connectivity index (χ0v) is 7.84. The van der Waals surface area contributed by atoms with Crippen molar-refractivity contribution in [1.82, 2.24) is 15.0 Å². The van der Waals surface area contributed by atoms with E-state index in [0.717, 1.165) is 0 Å². The normalized spacial score (nSPS) is 16.4. The molecule has 1 aromatic rings. The minimum Gasteiger partial charge on any atom is -0.461 e. The zero-order chi connectivity index (χ0) is 9.97. The lowest BCUT2D eigenvalue weighted by molar-refractivity contribution is -0.0294. The predicted octanol–water partition coefficient (Wildman–Crippen LogP) is 0.0261. The van der Waals surface area contributed by atoms with Crippen molar-refractivity contribution in [1.29, 1.82) is 0 Å². The Morgan fingerprint density at radius 2 is 2.57 bits per heavy atom. The lowest BCUT2D eigenvalue weighted by atomic mass is 10.3. The molecule has 0 spiro atoms. The quantitative estimate of drug-likeness (QED) is 0.639. The predicted molar refractivity (Wildman–Crippen MR) is 45.8 cm³/mol. The highest BCUT2D eigenvalue weighted by atomic mass is 16.5. The summed E-state index contributed by atoms with van der Waals surface area (Å²) in [5, 5.41) is 7.55. The monoisotopic (exact) mass is 197 g/mol. The maximum Gasteiger partial charge on any atom is 0.360 e. The number of rotatable bonds is 3. The van der Waals surface area contributed by atoms with Crippen LogP contribution in [-0.2, 0) is 9.47 Å². The average Bonchev–Trinajstić information content (AvgIpc) is 2.50. The van der Waals surface area contributed by atoms with Crippen molar-refractivity contribution in [3.63, 3.8) is 0 Å². The largest absolute Gasteiger partial charge is 0.461 e. The van der Waals surface area contributed by atoms with E-state index < -0.39 is 5.97 Å². The van der Waals surface area contributed by atoms with Gasteiger partial charge in [0.15, 0.2) is 5.69 Å². The lowest BCUT2D eigenvalue weighted by Gasteiger charge is -2.25. The molecule has 6 heteroatoms. The number of carbonyl (C=O) groups excluding carboxylic acids is 1. The van der Waals surface area contributed by atoms with Crippen molar-refractivity contribution in [2.45, 2.75) is 13.0 Å². The molecule has 6 nitrogen and oxygen atoms in total. The van der Waals surface area contributed by atoms with Crippen molar-refractivity contribution < 1.29 is 14.3 Å². The standard InChI is InChI=1S/C8H11N3O3/c1-2-14-8(12)7-3-11(10-9-7)6-4-13-5-6/h3,6H,2,4-5H2,1H3. The summed E-state index contributed by atoms with van der Waals surface area (Å²) in [6, 6.07) is 0.214. The second-order valence-electron chi connectivity index (χ2n) is 3.00. The van der Waals surface area contributed by atoms with E-state index in [1.807, 2.05) is 0 Å². The number of ether oxygens (including phenoxy) is 2. The highest BCUT2D eigenvalue weighted by Gasteiger charge is 2.23. The molecule has 0 unspecified atom stereocenters. The van der Waals surface area contributed by atoms with Crippen LogP contribution in [-0.4, -0.2) is 40.8 Å². The molecule has 2 heterocycles. The molecule has 1 aromatic heterocycles. The van der Waals surface area contributed by atoms with E-state index >= 15 is 0 Å². The molecule has 14 heavy (non-hydrogen) atoms. The van der Waals surface area contributed by atoms with Gasteiger partial charge in [-0.3, -0.25) is 0 Å². The van der Waals surface area contributed by atoms with E-state index in [4.69, 9.17) is 9.47 Å². The molecule has 1 aliphatic heterocycles. The van der Waals surface area contributed by atoms with Crippen molar-refractivity contribution >= 4 is 5.97 Å². The van der Waals surface area contributed by atoms with Gasteiger partial charge in [-0.25, -0.2) is 9.48 Å². The summed E-state index contributed by atoms with van der Waals surface area (Å²) < 4.78 is 11.4. The summed E-state index contributed by atoms with van der Waals surface area (Å²) in [6.07, 6.45) is 1.59. The molecular formula is C8H11N3O3. The van der Waals surface area contributed by atoms with Gasteiger partial charge in [0, 0.05) is 0 Å². The number of aromatic nitrogens is 3. The first-order chi connectivity index (χ1) is 6.81. The summed E-state index contributed by atoms with van der Waals surface area (Å²) in [4.78, 5) is 11.2. The van der Waals surface area contributed by atoms with Gasteiger partial charge in [0.05, 0.1) is 26.0 Å². The van der Waals surface area contributed by atoms with Gasteiger partial charge in [-0.15, -0.1) is 5.10 Å². The molecule has 0 atom stereocenters. The van der Waals surface area contributed by atoms with Crippen LogP contribution in [0.5, 0.6) is 0 Å². The molecule has 0 N–H and O–H groups in total. The highest BCUT2D eigenvalue weighted by Crippen LogP contribution is 2.15. The average molecular weight is 197 g/mol. The van der Waals surface area contributed by atoms with Crippen LogP contribution in [0.3, 0.4) is 0 Å². The SMILES string of the molecule is CCOC(=O)c1cn(C2COC2)nn1. The minimum atomic E-state index is -0.431. The molecule has 0 radical (unpaired) electrons. The van der Waals surface area contributed by atoms with Crippen LogP contribution in [0.1, 0.15) is 23.5 Å². The number of hydrogen-bond acceptors (Lipinski definition) is 5. The Hall–Kier alpha value is -1.43. The van der Waals surface area contributed by atoms with Gasteiger partial charge in [-0.05, 0) is 6.92 Å². The first-order valence-electron chi connectivity index (χ1n) is 4.48. The Bertz CT molecular complexity index is 332. The van der Waals surface area contributed by atoms with E-state index in [0.29, 0.717) is 19.8 Å². The fourth-order valence-electron chi connectivity index (χ4n) is 1.13. The molecule has 0 aromatic carbocycles. The number of carbonyl (C=O) groups is 1. The Balaban J connectivity index is 2.05. The fraction of sp³-hybridized carbons (Fsp3) is 0.625. The third-order valence-electron chi connectivity index (χ3n) is 1.99. The van der Waals surface area contributed by atoms with E-state index in [1.54, 1.807) is 17.8 Å². The van der Waals surface area contributed by atoms with E-state index in [9.17, 15) is 4.79 Å². The second kappa shape index (κ2) is 3.75. The number of esters is 1. The van der Waals surface area contributed by atoms with Crippen LogP contribution in [0, 0.1) is 0 Å². The van der Waals surface area contributed by atoms with E-state index in [2.05, 4.69) is 10.3 Å². The van der Waals surface area contributed by atoms with Crippen molar-refractivity contribution in [2.24, 2.45) is 0 Å².